The summed E-state index contributed by atoms with van der Waals surface area (Å²) >= 11 is 0. The molecule has 0 radical (unpaired) electrons. The van der Waals surface area contributed by atoms with Gasteiger partial charge in [-0.2, -0.15) is 0 Å². The molecule has 0 saturated heterocycles. The van der Waals surface area contributed by atoms with Crippen molar-refractivity contribution in [2.45, 2.75) is 64.5 Å². The Morgan fingerprint density at radius 1 is 1.07 bits per heavy atom. The van der Waals surface area contributed by atoms with E-state index in [0.717, 1.165) is 12.5 Å². The van der Waals surface area contributed by atoms with Crippen LogP contribution in [0.2, 0.25) is 12.1 Å². The Hall–Kier alpha value is 0.177. The molecule has 0 bridgehead atoms. The fourth-order valence-electron chi connectivity index (χ4n) is 2.40. The maximum Gasteiger partial charge on any atom is 0.176 e. The predicted octanol–water partition coefficient (Wildman–Crippen LogP) is 3.74. The molecule has 0 aliphatic heterocycles. The van der Waals surface area contributed by atoms with Crippen molar-refractivity contribution in [3.8, 4) is 0 Å². The Morgan fingerprint density at radius 3 is 2.29 bits per heavy atom. The first kappa shape index (κ1) is 12.2. The van der Waals surface area contributed by atoms with Gasteiger partial charge in [0.15, 0.2) is 9.04 Å². The summed E-state index contributed by atoms with van der Waals surface area (Å²) in [5, 5.41) is 0. The van der Waals surface area contributed by atoms with Crippen molar-refractivity contribution in [3.63, 3.8) is 0 Å². The highest BCUT2D eigenvalue weighted by Gasteiger charge is 2.14. The van der Waals surface area contributed by atoms with Crippen LogP contribution < -0.4 is 0 Å². The summed E-state index contributed by atoms with van der Waals surface area (Å²) in [6.07, 6.45) is 8.67. The highest BCUT2D eigenvalue weighted by atomic mass is 28.3. The lowest BCUT2D eigenvalue weighted by molar-refractivity contribution is 0.246. The van der Waals surface area contributed by atoms with Crippen LogP contribution in [0.4, 0.5) is 0 Å². The molecular formula is C12H26OSi. The van der Waals surface area contributed by atoms with Gasteiger partial charge in [0.05, 0.1) is 0 Å². The summed E-state index contributed by atoms with van der Waals surface area (Å²) in [7, 11) is -0.764. The summed E-state index contributed by atoms with van der Waals surface area (Å²) < 4.78 is 5.98. The van der Waals surface area contributed by atoms with Crippen LogP contribution in [0.25, 0.3) is 0 Å². The third-order valence-electron chi connectivity index (χ3n) is 3.52. The first-order valence-electron chi connectivity index (χ1n) is 6.48. The van der Waals surface area contributed by atoms with Crippen molar-refractivity contribution in [1.82, 2.24) is 0 Å². The molecule has 0 aromatic carbocycles. The molecule has 0 aromatic heterocycles. The topological polar surface area (TPSA) is 9.23 Å². The minimum Gasteiger partial charge on any atom is -0.420 e. The van der Waals surface area contributed by atoms with Gasteiger partial charge in [-0.25, -0.2) is 0 Å². The predicted molar refractivity (Wildman–Crippen MR) is 65.3 cm³/mol. The quantitative estimate of drug-likeness (QED) is 0.612. The Labute approximate surface area is 91.0 Å². The van der Waals surface area contributed by atoms with Crippen LogP contribution in [0.1, 0.15) is 52.4 Å². The van der Waals surface area contributed by atoms with E-state index in [1.807, 2.05) is 0 Å². The van der Waals surface area contributed by atoms with E-state index in [4.69, 9.17) is 4.43 Å². The number of rotatable bonds is 6. The van der Waals surface area contributed by atoms with Crippen molar-refractivity contribution in [1.29, 1.82) is 0 Å². The molecule has 1 nitrogen and oxygen atoms in total. The van der Waals surface area contributed by atoms with E-state index in [2.05, 4.69) is 13.8 Å². The highest BCUT2D eigenvalue weighted by molar-refractivity contribution is 6.51. The van der Waals surface area contributed by atoms with Crippen molar-refractivity contribution in [2.24, 2.45) is 5.92 Å². The molecule has 0 spiro atoms. The average Bonchev–Trinajstić information content (AvgIpc) is 2.26. The monoisotopic (exact) mass is 214 g/mol. The molecule has 1 rings (SSSR count). The van der Waals surface area contributed by atoms with Gasteiger partial charge in [0, 0.05) is 6.61 Å². The summed E-state index contributed by atoms with van der Waals surface area (Å²) in [6, 6.07) is 2.61. The molecule has 0 heterocycles. The zero-order chi connectivity index (χ0) is 10.2. The maximum absolute atomic E-state index is 5.98. The lowest BCUT2D eigenvalue weighted by Crippen LogP contribution is -2.18. The van der Waals surface area contributed by atoms with E-state index in [9.17, 15) is 0 Å². The van der Waals surface area contributed by atoms with Gasteiger partial charge in [-0.05, 0) is 24.4 Å². The average molecular weight is 214 g/mol. The van der Waals surface area contributed by atoms with Gasteiger partial charge in [-0.15, -0.1) is 0 Å². The molecule has 0 unspecified atom stereocenters. The lowest BCUT2D eigenvalue weighted by atomic mass is 9.87. The Bertz CT molecular complexity index is 128. The van der Waals surface area contributed by atoms with Crippen LogP contribution in [0.3, 0.4) is 0 Å². The summed E-state index contributed by atoms with van der Waals surface area (Å²) in [5.41, 5.74) is 0. The van der Waals surface area contributed by atoms with Crippen LogP contribution in [-0.4, -0.2) is 15.6 Å². The molecule has 14 heavy (non-hydrogen) atoms. The Balaban J connectivity index is 2.01. The first-order valence-corrected chi connectivity index (χ1v) is 8.58. The van der Waals surface area contributed by atoms with Crippen LogP contribution in [0.5, 0.6) is 0 Å². The summed E-state index contributed by atoms with van der Waals surface area (Å²) in [5.74, 6) is 0.993. The van der Waals surface area contributed by atoms with Crippen molar-refractivity contribution < 1.29 is 4.43 Å². The van der Waals surface area contributed by atoms with Gasteiger partial charge < -0.3 is 4.43 Å². The molecular weight excluding hydrogens is 188 g/mol. The van der Waals surface area contributed by atoms with Crippen LogP contribution in [0.15, 0.2) is 0 Å². The minimum atomic E-state index is -0.764. The SMILES string of the molecule is CC[SiH](CC)OCCC1CCCCC1. The van der Waals surface area contributed by atoms with Gasteiger partial charge in [0.2, 0.25) is 0 Å². The molecule has 1 saturated carbocycles. The second-order valence-electron chi connectivity index (χ2n) is 4.60. The van der Waals surface area contributed by atoms with Gasteiger partial charge >= 0.3 is 0 Å². The van der Waals surface area contributed by atoms with E-state index < -0.39 is 9.04 Å². The molecule has 0 atom stereocenters. The molecule has 0 amide bonds. The van der Waals surface area contributed by atoms with Crippen molar-refractivity contribution >= 4 is 9.04 Å². The third-order valence-corrected chi connectivity index (χ3v) is 6.04. The van der Waals surface area contributed by atoms with E-state index in [1.165, 1.54) is 50.6 Å². The van der Waals surface area contributed by atoms with Gasteiger partial charge in [-0.1, -0.05) is 46.0 Å². The molecule has 84 valence electrons. The van der Waals surface area contributed by atoms with Gasteiger partial charge in [0.25, 0.3) is 0 Å². The largest absolute Gasteiger partial charge is 0.420 e. The lowest BCUT2D eigenvalue weighted by Gasteiger charge is -2.22. The zero-order valence-electron chi connectivity index (χ0n) is 9.93. The van der Waals surface area contributed by atoms with E-state index in [0.29, 0.717) is 0 Å². The number of hydrogen-bond donors (Lipinski definition) is 0. The molecule has 1 aliphatic rings. The van der Waals surface area contributed by atoms with Crippen molar-refractivity contribution in [2.75, 3.05) is 6.61 Å². The van der Waals surface area contributed by atoms with Crippen LogP contribution >= 0.6 is 0 Å². The molecule has 1 fully saturated rings. The van der Waals surface area contributed by atoms with E-state index in [-0.39, 0.29) is 0 Å². The fourth-order valence-corrected chi connectivity index (χ4v) is 3.92. The molecule has 2 heteroatoms. The van der Waals surface area contributed by atoms with Crippen LogP contribution in [-0.2, 0) is 4.43 Å². The third kappa shape index (κ3) is 4.60. The zero-order valence-corrected chi connectivity index (χ0v) is 11.1. The van der Waals surface area contributed by atoms with Crippen molar-refractivity contribution in [3.05, 3.63) is 0 Å². The molecule has 1 aliphatic carbocycles. The second kappa shape index (κ2) is 7.47. The molecule has 0 N–H and O–H groups in total. The van der Waals surface area contributed by atoms with Gasteiger partial charge in [0.1, 0.15) is 0 Å². The van der Waals surface area contributed by atoms with E-state index >= 15 is 0 Å². The number of hydrogen-bond acceptors (Lipinski definition) is 1. The normalized spacial score (nSPS) is 19.1. The smallest absolute Gasteiger partial charge is 0.176 e. The summed E-state index contributed by atoms with van der Waals surface area (Å²) in [4.78, 5) is 0. The second-order valence-corrected chi connectivity index (χ2v) is 7.81. The molecule has 0 aromatic rings. The maximum atomic E-state index is 5.98. The van der Waals surface area contributed by atoms with Gasteiger partial charge in [-0.3, -0.25) is 0 Å². The van der Waals surface area contributed by atoms with E-state index in [1.54, 1.807) is 0 Å². The fraction of sp³-hybridized carbons (Fsp3) is 1.00. The highest BCUT2D eigenvalue weighted by Crippen LogP contribution is 2.26. The first-order chi connectivity index (χ1) is 6.86. The summed E-state index contributed by atoms with van der Waals surface area (Å²) in [6.45, 7) is 5.62. The van der Waals surface area contributed by atoms with Crippen LogP contribution in [0, 0.1) is 5.92 Å². The standard InChI is InChI=1S/C12H26OSi/c1-3-14(4-2)13-11-10-12-8-6-5-7-9-12/h12,14H,3-11H2,1-2H3. The Kier molecular flexibility index (Phi) is 6.53. The minimum absolute atomic E-state index is 0.764. The Morgan fingerprint density at radius 2 is 1.71 bits per heavy atom.